The number of fused-ring (bicyclic) bond motifs is 1. The van der Waals surface area contributed by atoms with Gasteiger partial charge in [0.1, 0.15) is 11.9 Å². The predicted molar refractivity (Wildman–Crippen MR) is 97.4 cm³/mol. The van der Waals surface area contributed by atoms with E-state index < -0.39 is 0 Å². The molecule has 7 heteroatoms. The van der Waals surface area contributed by atoms with E-state index in [-0.39, 0.29) is 12.1 Å². The van der Waals surface area contributed by atoms with Gasteiger partial charge in [-0.1, -0.05) is 18.2 Å². The van der Waals surface area contributed by atoms with E-state index in [1.54, 1.807) is 18.0 Å². The van der Waals surface area contributed by atoms with Crippen LogP contribution in [0, 0.1) is 0 Å². The van der Waals surface area contributed by atoms with Crippen LogP contribution in [-0.4, -0.2) is 53.1 Å². The van der Waals surface area contributed by atoms with Crippen LogP contribution in [0.4, 0.5) is 10.5 Å². The third kappa shape index (κ3) is 3.83. The van der Waals surface area contributed by atoms with Crippen molar-refractivity contribution in [3.05, 3.63) is 42.2 Å². The van der Waals surface area contributed by atoms with Gasteiger partial charge in [0, 0.05) is 25.8 Å². The molecule has 4 rings (SSSR count). The molecule has 1 atom stereocenters. The lowest BCUT2D eigenvalue weighted by atomic mass is 10.1. The number of benzene rings is 1. The highest BCUT2D eigenvalue weighted by molar-refractivity contribution is 5.89. The summed E-state index contributed by atoms with van der Waals surface area (Å²) in [6, 6.07) is 8.31. The van der Waals surface area contributed by atoms with Crippen molar-refractivity contribution in [3.63, 3.8) is 0 Å². The molecule has 1 saturated carbocycles. The van der Waals surface area contributed by atoms with Gasteiger partial charge in [-0.15, -0.1) is 0 Å². The minimum atomic E-state index is -0.0849. The van der Waals surface area contributed by atoms with Gasteiger partial charge in [0.15, 0.2) is 0 Å². The normalized spacial score (nSPS) is 18.3. The minimum Gasteiger partial charge on any atom is -0.488 e. The summed E-state index contributed by atoms with van der Waals surface area (Å²) >= 11 is 0. The van der Waals surface area contributed by atoms with Gasteiger partial charge in [-0.2, -0.15) is 5.10 Å². The van der Waals surface area contributed by atoms with Gasteiger partial charge < -0.3 is 19.7 Å². The molecule has 138 valence electrons. The lowest BCUT2D eigenvalue weighted by molar-refractivity contribution is 0.155. The van der Waals surface area contributed by atoms with Gasteiger partial charge >= 0.3 is 6.03 Å². The van der Waals surface area contributed by atoms with Gasteiger partial charge in [-0.3, -0.25) is 4.68 Å². The van der Waals surface area contributed by atoms with Crippen LogP contribution in [0.5, 0.6) is 5.75 Å². The number of nitrogens with zero attached hydrogens (tertiary/aromatic N) is 3. The first-order valence-electron chi connectivity index (χ1n) is 9.06. The zero-order chi connectivity index (χ0) is 17.9. The van der Waals surface area contributed by atoms with Crippen molar-refractivity contribution in [2.24, 2.45) is 0 Å². The molecule has 2 aliphatic rings. The fourth-order valence-electron chi connectivity index (χ4n) is 3.29. The Morgan fingerprint density at radius 1 is 1.42 bits per heavy atom. The van der Waals surface area contributed by atoms with E-state index in [1.165, 1.54) is 5.56 Å². The molecule has 1 aromatic carbocycles. The number of urea groups is 1. The number of amides is 2. The van der Waals surface area contributed by atoms with Gasteiger partial charge in [0.2, 0.25) is 0 Å². The van der Waals surface area contributed by atoms with Gasteiger partial charge in [-0.25, -0.2) is 4.79 Å². The molecule has 1 N–H and O–H groups in total. The fraction of sp³-hybridized carbons (Fsp3) is 0.474. The number of anilines is 1. The molecule has 2 aromatic rings. The summed E-state index contributed by atoms with van der Waals surface area (Å²) in [6.45, 7) is 1.85. The first-order valence-corrected chi connectivity index (χ1v) is 9.06. The Labute approximate surface area is 152 Å². The Morgan fingerprint density at radius 3 is 3.04 bits per heavy atom. The third-order valence-corrected chi connectivity index (χ3v) is 4.77. The number of hydrogen-bond acceptors (Lipinski definition) is 4. The largest absolute Gasteiger partial charge is 0.488 e. The van der Waals surface area contributed by atoms with Crippen molar-refractivity contribution < 1.29 is 14.3 Å². The van der Waals surface area contributed by atoms with E-state index in [0.29, 0.717) is 31.4 Å². The Hall–Kier alpha value is -2.54. The van der Waals surface area contributed by atoms with Crippen molar-refractivity contribution in [2.75, 3.05) is 25.6 Å². The maximum atomic E-state index is 12.8. The average Bonchev–Trinajstić information content (AvgIpc) is 3.24. The fourth-order valence-corrected chi connectivity index (χ4v) is 3.29. The summed E-state index contributed by atoms with van der Waals surface area (Å²) in [6.07, 6.45) is 6.47. The molecule has 2 heterocycles. The zero-order valence-corrected chi connectivity index (χ0v) is 14.9. The van der Waals surface area contributed by atoms with Gasteiger partial charge in [-0.05, 0) is 24.5 Å². The summed E-state index contributed by atoms with van der Waals surface area (Å²) < 4.78 is 12.8. The molecule has 0 saturated heterocycles. The number of para-hydroxylation sites is 1. The quantitative estimate of drug-likeness (QED) is 0.828. The highest BCUT2D eigenvalue weighted by Gasteiger charge is 2.36. The van der Waals surface area contributed by atoms with Crippen molar-refractivity contribution in [3.8, 4) is 5.75 Å². The number of ether oxygens (including phenoxy) is 2. The van der Waals surface area contributed by atoms with E-state index >= 15 is 0 Å². The molecule has 1 aliphatic heterocycles. The van der Waals surface area contributed by atoms with Crippen LogP contribution >= 0.6 is 0 Å². The highest BCUT2D eigenvalue weighted by atomic mass is 16.5. The number of methoxy groups -OCH3 is 1. The highest BCUT2D eigenvalue weighted by Crippen LogP contribution is 2.32. The van der Waals surface area contributed by atoms with E-state index in [0.717, 1.165) is 25.0 Å². The smallest absolute Gasteiger partial charge is 0.322 e. The zero-order valence-electron chi connectivity index (χ0n) is 14.9. The monoisotopic (exact) mass is 356 g/mol. The van der Waals surface area contributed by atoms with Crippen molar-refractivity contribution >= 4 is 11.7 Å². The Kier molecular flexibility index (Phi) is 4.79. The lowest BCUT2D eigenvalue weighted by Gasteiger charge is -2.25. The summed E-state index contributed by atoms with van der Waals surface area (Å²) in [5, 5.41) is 7.20. The van der Waals surface area contributed by atoms with Gasteiger partial charge in [0.05, 0.1) is 31.6 Å². The number of nitrogens with one attached hydrogen (secondary N) is 1. The Morgan fingerprint density at radius 2 is 2.27 bits per heavy atom. The van der Waals surface area contributed by atoms with E-state index in [4.69, 9.17) is 9.47 Å². The molecule has 7 nitrogen and oxygen atoms in total. The average molecular weight is 356 g/mol. The topological polar surface area (TPSA) is 68.6 Å². The molecule has 0 spiro atoms. The number of carbonyl (C=O) groups is 1. The van der Waals surface area contributed by atoms with E-state index in [9.17, 15) is 4.79 Å². The van der Waals surface area contributed by atoms with Crippen LogP contribution in [-0.2, 0) is 17.7 Å². The molecule has 0 radical (unpaired) electrons. The van der Waals surface area contributed by atoms with Crippen molar-refractivity contribution in [1.82, 2.24) is 14.7 Å². The van der Waals surface area contributed by atoms with Crippen molar-refractivity contribution in [1.29, 1.82) is 0 Å². The molecular weight excluding hydrogens is 332 g/mol. The molecule has 26 heavy (non-hydrogen) atoms. The molecular formula is C19H24N4O3. The Bertz CT molecular complexity index is 747. The standard InChI is InChI=1S/C19H24N4O3/c1-25-9-8-22-12-15(11-20-22)21-19(24)23(16-6-7-16)13-17-10-14-4-2-3-5-18(14)26-17/h2-5,11-12,16-17H,6-10,13H2,1H3,(H,21,24). The summed E-state index contributed by atoms with van der Waals surface area (Å²) in [7, 11) is 1.66. The van der Waals surface area contributed by atoms with Crippen LogP contribution in [0.15, 0.2) is 36.7 Å². The third-order valence-electron chi connectivity index (χ3n) is 4.77. The maximum Gasteiger partial charge on any atom is 0.322 e. The first-order chi connectivity index (χ1) is 12.7. The minimum absolute atomic E-state index is 0.0168. The van der Waals surface area contributed by atoms with Crippen LogP contribution in [0.1, 0.15) is 18.4 Å². The second-order valence-electron chi connectivity index (χ2n) is 6.85. The second kappa shape index (κ2) is 7.37. The van der Waals surface area contributed by atoms with Gasteiger partial charge in [0.25, 0.3) is 0 Å². The molecule has 1 aliphatic carbocycles. The van der Waals surface area contributed by atoms with Crippen LogP contribution in [0.3, 0.4) is 0 Å². The summed E-state index contributed by atoms with van der Waals surface area (Å²) in [5.41, 5.74) is 1.92. The summed E-state index contributed by atoms with van der Waals surface area (Å²) in [4.78, 5) is 14.7. The lowest BCUT2D eigenvalue weighted by Crippen LogP contribution is -2.43. The van der Waals surface area contributed by atoms with Crippen molar-refractivity contribution in [2.45, 2.75) is 38.0 Å². The first kappa shape index (κ1) is 16.9. The predicted octanol–water partition coefficient (Wildman–Crippen LogP) is 2.53. The molecule has 0 bridgehead atoms. The molecule has 1 unspecified atom stereocenters. The van der Waals surface area contributed by atoms with E-state index in [1.807, 2.05) is 29.3 Å². The number of rotatable bonds is 7. The molecule has 2 amide bonds. The molecule has 1 fully saturated rings. The van der Waals surface area contributed by atoms with Crippen LogP contribution < -0.4 is 10.1 Å². The summed E-state index contributed by atoms with van der Waals surface area (Å²) in [5.74, 6) is 0.938. The SMILES string of the molecule is COCCn1cc(NC(=O)N(CC2Cc3ccccc3O2)C2CC2)cn1. The second-order valence-corrected chi connectivity index (χ2v) is 6.85. The number of hydrogen-bond donors (Lipinski definition) is 1. The number of aromatic nitrogens is 2. The Balaban J connectivity index is 1.36. The maximum absolute atomic E-state index is 12.8. The molecule has 1 aromatic heterocycles. The van der Waals surface area contributed by atoms with E-state index in [2.05, 4.69) is 16.5 Å². The number of carbonyl (C=O) groups excluding carboxylic acids is 1. The van der Waals surface area contributed by atoms with Crippen LogP contribution in [0.25, 0.3) is 0 Å². The van der Waals surface area contributed by atoms with Crippen LogP contribution in [0.2, 0.25) is 0 Å².